The minimum absolute atomic E-state index is 0.191. The summed E-state index contributed by atoms with van der Waals surface area (Å²) >= 11 is 5.66. The van der Waals surface area contributed by atoms with Crippen molar-refractivity contribution in [1.29, 1.82) is 0 Å². The number of rotatable bonds is 5. The Morgan fingerprint density at radius 3 is 2.57 bits per heavy atom. The van der Waals surface area contributed by atoms with Gasteiger partial charge in [0.05, 0.1) is 6.61 Å². The molecule has 0 unspecified atom stereocenters. The number of nitrogens with zero attached hydrogens (tertiary/aromatic N) is 3. The molecule has 0 atom stereocenters. The van der Waals surface area contributed by atoms with Gasteiger partial charge in [0.1, 0.15) is 5.75 Å². The lowest BCUT2D eigenvalue weighted by Gasteiger charge is -2.06. The van der Waals surface area contributed by atoms with Gasteiger partial charge in [0.2, 0.25) is 5.88 Å². The fraction of sp³-hybridized carbons (Fsp3) is 0.214. The van der Waals surface area contributed by atoms with Crippen LogP contribution in [0, 0.1) is 0 Å². The van der Waals surface area contributed by atoms with Crippen LogP contribution in [-0.2, 0) is 11.2 Å². The molecule has 0 saturated carbocycles. The van der Waals surface area contributed by atoms with E-state index in [-0.39, 0.29) is 6.02 Å². The van der Waals surface area contributed by atoms with Crippen LogP contribution < -0.4 is 10.5 Å². The number of aliphatic imine (C=N–C) groups is 1. The fourth-order valence-electron chi connectivity index (χ4n) is 1.54. The molecule has 1 heterocycles. The lowest BCUT2D eigenvalue weighted by atomic mass is 10.1. The second-order valence-corrected chi connectivity index (χ2v) is 4.49. The van der Waals surface area contributed by atoms with Crippen LogP contribution in [0.25, 0.3) is 0 Å². The van der Waals surface area contributed by atoms with Crippen molar-refractivity contribution < 1.29 is 9.47 Å². The van der Waals surface area contributed by atoms with Crippen LogP contribution in [0.5, 0.6) is 11.6 Å². The van der Waals surface area contributed by atoms with Gasteiger partial charge in [0.15, 0.2) is 5.15 Å². The molecule has 7 heteroatoms. The summed E-state index contributed by atoms with van der Waals surface area (Å²) in [4.78, 5) is 3.72. The maximum Gasteiger partial charge on any atom is 0.281 e. The largest absolute Gasteiger partial charge is 0.465 e. The molecule has 2 aromatic rings. The van der Waals surface area contributed by atoms with E-state index >= 15 is 0 Å². The highest BCUT2D eigenvalue weighted by atomic mass is 35.5. The van der Waals surface area contributed by atoms with E-state index in [1.165, 1.54) is 0 Å². The van der Waals surface area contributed by atoms with Gasteiger partial charge in [-0.05, 0) is 23.8 Å². The molecule has 0 aliphatic heterocycles. The number of halogens is 1. The van der Waals surface area contributed by atoms with E-state index < -0.39 is 0 Å². The molecule has 0 amide bonds. The number of ether oxygens (including phenoxy) is 2. The molecule has 0 radical (unpaired) electrons. The van der Waals surface area contributed by atoms with Gasteiger partial charge in [0, 0.05) is 19.5 Å². The molecule has 21 heavy (non-hydrogen) atoms. The summed E-state index contributed by atoms with van der Waals surface area (Å²) in [6, 6.07) is 11.1. The second-order valence-electron chi connectivity index (χ2n) is 4.10. The van der Waals surface area contributed by atoms with E-state index in [0.29, 0.717) is 23.4 Å². The highest BCUT2D eigenvalue weighted by Gasteiger charge is 2.01. The molecule has 0 aliphatic carbocycles. The molecule has 1 aromatic carbocycles. The Bertz CT molecular complexity index is 599. The average Bonchev–Trinajstić information content (AvgIpc) is 2.51. The molecule has 0 spiro atoms. The number of hydrogen-bond donors (Lipinski definition) is 1. The zero-order chi connectivity index (χ0) is 15.1. The van der Waals surface area contributed by atoms with Crippen molar-refractivity contribution in [2.24, 2.45) is 10.7 Å². The molecule has 2 rings (SSSR count). The molecule has 0 aliphatic rings. The first kappa shape index (κ1) is 15.1. The van der Waals surface area contributed by atoms with Gasteiger partial charge >= 0.3 is 0 Å². The normalized spacial score (nSPS) is 11.2. The Hall–Kier alpha value is -2.34. The molecule has 0 saturated heterocycles. The second kappa shape index (κ2) is 7.44. The monoisotopic (exact) mass is 306 g/mol. The van der Waals surface area contributed by atoms with E-state index in [2.05, 4.69) is 15.2 Å². The molecule has 0 fully saturated rings. The lowest BCUT2D eigenvalue weighted by Crippen LogP contribution is -2.17. The van der Waals surface area contributed by atoms with E-state index in [4.69, 9.17) is 26.8 Å². The van der Waals surface area contributed by atoms with E-state index in [0.717, 1.165) is 12.0 Å². The molecule has 0 bridgehead atoms. The minimum Gasteiger partial charge on any atom is -0.465 e. The van der Waals surface area contributed by atoms with Crippen LogP contribution in [0.1, 0.15) is 5.56 Å². The zero-order valence-electron chi connectivity index (χ0n) is 11.5. The molecular formula is C14H15ClN4O2. The summed E-state index contributed by atoms with van der Waals surface area (Å²) in [5, 5.41) is 7.86. The summed E-state index contributed by atoms with van der Waals surface area (Å²) in [7, 11) is 1.58. The van der Waals surface area contributed by atoms with Crippen LogP contribution in [0.3, 0.4) is 0 Å². The van der Waals surface area contributed by atoms with Crippen molar-refractivity contribution in [1.82, 2.24) is 10.2 Å². The fourth-order valence-corrected chi connectivity index (χ4v) is 1.64. The Morgan fingerprint density at radius 2 is 1.95 bits per heavy atom. The van der Waals surface area contributed by atoms with Gasteiger partial charge in [-0.3, -0.25) is 0 Å². The summed E-state index contributed by atoms with van der Waals surface area (Å²) in [6.07, 6.45) is 0.733. The topological polar surface area (TPSA) is 82.6 Å². The van der Waals surface area contributed by atoms with Crippen molar-refractivity contribution in [3.05, 3.63) is 47.1 Å². The predicted octanol–water partition coefficient (Wildman–Crippen LogP) is 2.43. The van der Waals surface area contributed by atoms with Gasteiger partial charge < -0.3 is 15.2 Å². The first-order valence-electron chi connectivity index (χ1n) is 6.28. The Kier molecular flexibility index (Phi) is 5.34. The van der Waals surface area contributed by atoms with Crippen molar-refractivity contribution >= 4 is 17.6 Å². The number of benzene rings is 1. The Morgan fingerprint density at radius 1 is 1.19 bits per heavy atom. The van der Waals surface area contributed by atoms with E-state index in [1.807, 2.05) is 24.3 Å². The molecule has 1 aromatic heterocycles. The molecule has 6 nitrogen and oxygen atoms in total. The van der Waals surface area contributed by atoms with Crippen molar-refractivity contribution in [3.63, 3.8) is 0 Å². The van der Waals surface area contributed by atoms with Crippen LogP contribution in [-0.4, -0.2) is 29.9 Å². The maximum atomic E-state index is 5.66. The SMILES string of the molecule is CN=C(N)OCCc1ccc(Oc2ccc(Cl)nn2)cc1. The summed E-state index contributed by atoms with van der Waals surface area (Å²) in [6.45, 7) is 0.478. The van der Waals surface area contributed by atoms with Crippen molar-refractivity contribution in [3.8, 4) is 11.6 Å². The summed E-state index contributed by atoms with van der Waals surface area (Å²) in [5.74, 6) is 1.06. The molecule has 110 valence electrons. The minimum atomic E-state index is 0.191. The lowest BCUT2D eigenvalue weighted by molar-refractivity contribution is 0.303. The average molecular weight is 307 g/mol. The Labute approximate surface area is 127 Å². The smallest absolute Gasteiger partial charge is 0.281 e. The first-order chi connectivity index (χ1) is 10.2. The number of amidine groups is 1. The van der Waals surface area contributed by atoms with Crippen LogP contribution in [0.4, 0.5) is 0 Å². The van der Waals surface area contributed by atoms with Crippen LogP contribution >= 0.6 is 11.6 Å². The predicted molar refractivity (Wildman–Crippen MR) is 80.8 cm³/mol. The molecular weight excluding hydrogens is 292 g/mol. The third-order valence-corrected chi connectivity index (χ3v) is 2.82. The van der Waals surface area contributed by atoms with Crippen LogP contribution in [0.15, 0.2) is 41.4 Å². The zero-order valence-corrected chi connectivity index (χ0v) is 12.2. The van der Waals surface area contributed by atoms with Gasteiger partial charge in [-0.1, -0.05) is 23.7 Å². The van der Waals surface area contributed by atoms with Crippen molar-refractivity contribution in [2.75, 3.05) is 13.7 Å². The number of hydrogen-bond acceptors (Lipinski definition) is 5. The van der Waals surface area contributed by atoms with Gasteiger partial charge in [-0.2, -0.15) is 0 Å². The first-order valence-corrected chi connectivity index (χ1v) is 6.66. The van der Waals surface area contributed by atoms with Crippen molar-refractivity contribution in [2.45, 2.75) is 6.42 Å². The van der Waals surface area contributed by atoms with Gasteiger partial charge in [-0.15, -0.1) is 10.2 Å². The Balaban J connectivity index is 1.88. The highest BCUT2D eigenvalue weighted by molar-refractivity contribution is 6.29. The summed E-state index contributed by atoms with van der Waals surface area (Å²) < 4.78 is 10.7. The number of nitrogens with two attached hydrogens (primary N) is 1. The summed E-state index contributed by atoms with van der Waals surface area (Å²) in [5.41, 5.74) is 6.55. The van der Waals surface area contributed by atoms with Gasteiger partial charge in [0.25, 0.3) is 6.02 Å². The third kappa shape index (κ3) is 4.92. The van der Waals surface area contributed by atoms with Crippen LogP contribution in [0.2, 0.25) is 5.15 Å². The van der Waals surface area contributed by atoms with E-state index in [1.54, 1.807) is 19.2 Å². The quantitative estimate of drug-likeness (QED) is 0.677. The number of aromatic nitrogens is 2. The third-order valence-electron chi connectivity index (χ3n) is 2.61. The molecule has 2 N–H and O–H groups in total. The highest BCUT2D eigenvalue weighted by Crippen LogP contribution is 2.20. The maximum absolute atomic E-state index is 5.66. The standard InChI is InChI=1S/C14H15ClN4O2/c1-17-14(16)20-9-8-10-2-4-11(5-3-10)21-13-7-6-12(15)18-19-13/h2-7H,8-9H2,1H3,(H2,16,17). The van der Waals surface area contributed by atoms with Gasteiger partial charge in [-0.25, -0.2) is 4.99 Å². The van der Waals surface area contributed by atoms with E-state index in [9.17, 15) is 0 Å².